The predicted octanol–water partition coefficient (Wildman–Crippen LogP) is 5.49. The Morgan fingerprint density at radius 3 is 2.70 bits per heavy atom. The molecule has 0 unspecified atom stereocenters. The second kappa shape index (κ2) is 8.94. The zero-order chi connectivity index (χ0) is 22.8. The van der Waals surface area contributed by atoms with Gasteiger partial charge in [-0.25, -0.2) is 4.98 Å². The number of oxazole rings is 1. The van der Waals surface area contributed by atoms with Crippen LogP contribution in [0.5, 0.6) is 11.6 Å². The highest BCUT2D eigenvalue weighted by molar-refractivity contribution is 5.93. The highest BCUT2D eigenvalue weighted by atomic mass is 16.5. The molecular formula is C26H26N4O3. The summed E-state index contributed by atoms with van der Waals surface area (Å²) in [5, 5.41) is 3.03. The van der Waals surface area contributed by atoms with Gasteiger partial charge in [-0.15, -0.1) is 0 Å². The van der Waals surface area contributed by atoms with E-state index in [1.807, 2.05) is 62.4 Å². The Morgan fingerprint density at radius 1 is 1.06 bits per heavy atom. The first-order valence-electron chi connectivity index (χ1n) is 11.2. The van der Waals surface area contributed by atoms with Gasteiger partial charge in [0, 0.05) is 25.2 Å². The average molecular weight is 443 g/mol. The van der Waals surface area contributed by atoms with E-state index in [2.05, 4.69) is 20.2 Å². The number of fused-ring (bicyclic) bond motifs is 1. The first kappa shape index (κ1) is 21.0. The van der Waals surface area contributed by atoms with Crippen molar-refractivity contribution in [3.63, 3.8) is 0 Å². The lowest BCUT2D eigenvalue weighted by molar-refractivity contribution is -0.120. The molecule has 1 aliphatic heterocycles. The molecular weight excluding hydrogens is 416 g/mol. The number of carbonyl (C=O) groups is 1. The van der Waals surface area contributed by atoms with Crippen molar-refractivity contribution in [2.45, 2.75) is 26.7 Å². The van der Waals surface area contributed by atoms with E-state index in [0.29, 0.717) is 30.7 Å². The van der Waals surface area contributed by atoms with Crippen LogP contribution >= 0.6 is 0 Å². The molecule has 2 aromatic carbocycles. The maximum atomic E-state index is 13.0. The molecule has 0 saturated carbocycles. The van der Waals surface area contributed by atoms with Crippen molar-refractivity contribution in [3.8, 4) is 11.6 Å². The van der Waals surface area contributed by atoms with Crippen molar-refractivity contribution in [1.29, 1.82) is 0 Å². The molecule has 0 radical (unpaired) electrons. The third-order valence-corrected chi connectivity index (χ3v) is 6.21. The summed E-state index contributed by atoms with van der Waals surface area (Å²) in [5.41, 5.74) is 4.39. The van der Waals surface area contributed by atoms with Crippen molar-refractivity contribution in [2.75, 3.05) is 23.3 Å². The molecule has 1 amide bonds. The van der Waals surface area contributed by atoms with Gasteiger partial charge >= 0.3 is 0 Å². The molecule has 1 saturated heterocycles. The Bertz CT molecular complexity index is 1260. The minimum Gasteiger partial charge on any atom is -0.437 e. The number of piperidine rings is 1. The van der Waals surface area contributed by atoms with Crippen LogP contribution in [0, 0.1) is 19.8 Å². The molecule has 7 nitrogen and oxygen atoms in total. The number of aromatic nitrogens is 2. The van der Waals surface area contributed by atoms with Gasteiger partial charge in [0.2, 0.25) is 11.8 Å². The Balaban J connectivity index is 1.24. The number of rotatable bonds is 5. The third kappa shape index (κ3) is 4.39. The number of nitrogens with zero attached hydrogens (tertiary/aromatic N) is 3. The highest BCUT2D eigenvalue weighted by Gasteiger charge is 2.28. The summed E-state index contributed by atoms with van der Waals surface area (Å²) in [6.07, 6.45) is 3.10. The van der Waals surface area contributed by atoms with Crippen LogP contribution in [-0.2, 0) is 4.79 Å². The molecule has 5 rings (SSSR count). The van der Waals surface area contributed by atoms with Crippen LogP contribution in [0.2, 0.25) is 0 Å². The SMILES string of the molecule is Cc1cccc(Oc2ncccc2NC(=O)C2CCN(c3nc4ccccc4o3)CC2)c1C. The van der Waals surface area contributed by atoms with Crippen LogP contribution < -0.4 is 15.0 Å². The van der Waals surface area contributed by atoms with Crippen LogP contribution in [0.1, 0.15) is 24.0 Å². The summed E-state index contributed by atoms with van der Waals surface area (Å²) in [7, 11) is 0. The van der Waals surface area contributed by atoms with Gasteiger partial charge in [-0.2, -0.15) is 4.98 Å². The molecule has 168 valence electrons. The van der Waals surface area contributed by atoms with Gasteiger partial charge in [-0.3, -0.25) is 4.79 Å². The molecule has 0 bridgehead atoms. The topological polar surface area (TPSA) is 80.5 Å². The van der Waals surface area contributed by atoms with Crippen molar-refractivity contribution in [1.82, 2.24) is 9.97 Å². The van der Waals surface area contributed by atoms with E-state index in [-0.39, 0.29) is 11.8 Å². The number of anilines is 2. The van der Waals surface area contributed by atoms with Gasteiger partial charge in [0.15, 0.2) is 5.58 Å². The monoisotopic (exact) mass is 442 g/mol. The number of aryl methyl sites for hydroxylation is 1. The number of nitrogens with one attached hydrogen (secondary N) is 1. The molecule has 33 heavy (non-hydrogen) atoms. The second-order valence-corrected chi connectivity index (χ2v) is 8.37. The quantitative estimate of drug-likeness (QED) is 0.440. The molecule has 0 atom stereocenters. The second-order valence-electron chi connectivity index (χ2n) is 8.37. The van der Waals surface area contributed by atoms with E-state index >= 15 is 0 Å². The van der Waals surface area contributed by atoms with E-state index in [4.69, 9.17) is 9.15 Å². The zero-order valence-corrected chi connectivity index (χ0v) is 18.7. The van der Waals surface area contributed by atoms with Crippen LogP contribution in [-0.4, -0.2) is 29.0 Å². The standard InChI is InChI=1S/C26H26N4O3/c1-17-7-5-11-22(18(17)2)32-25-21(9-6-14-27-25)28-24(31)19-12-15-30(16-13-19)26-29-20-8-3-4-10-23(20)33-26/h3-11,14,19H,12-13,15-16H2,1-2H3,(H,28,31). The zero-order valence-electron chi connectivity index (χ0n) is 18.7. The smallest absolute Gasteiger partial charge is 0.298 e. The molecule has 1 N–H and O–H groups in total. The maximum Gasteiger partial charge on any atom is 0.298 e. The van der Waals surface area contributed by atoms with Gasteiger partial charge in [-0.1, -0.05) is 24.3 Å². The van der Waals surface area contributed by atoms with Gasteiger partial charge in [-0.05, 0) is 68.1 Å². The van der Waals surface area contributed by atoms with Crippen LogP contribution in [0.4, 0.5) is 11.7 Å². The van der Waals surface area contributed by atoms with Crippen molar-refractivity contribution in [2.24, 2.45) is 5.92 Å². The summed E-state index contributed by atoms with van der Waals surface area (Å²) in [5.74, 6) is 1.00. The summed E-state index contributed by atoms with van der Waals surface area (Å²) < 4.78 is 11.9. The molecule has 0 aliphatic carbocycles. The maximum absolute atomic E-state index is 13.0. The minimum atomic E-state index is -0.0978. The fourth-order valence-electron chi connectivity index (χ4n) is 4.07. The van der Waals surface area contributed by atoms with Crippen LogP contribution in [0.25, 0.3) is 11.1 Å². The fraction of sp³-hybridized carbons (Fsp3) is 0.269. The molecule has 2 aromatic heterocycles. The normalized spacial score (nSPS) is 14.4. The van der Waals surface area contributed by atoms with E-state index in [9.17, 15) is 4.79 Å². The van der Waals surface area contributed by atoms with Crippen molar-refractivity contribution < 1.29 is 13.9 Å². The number of carbonyl (C=O) groups excluding carboxylic acids is 1. The third-order valence-electron chi connectivity index (χ3n) is 6.21. The van der Waals surface area contributed by atoms with Crippen LogP contribution in [0.3, 0.4) is 0 Å². The lowest BCUT2D eigenvalue weighted by atomic mass is 9.96. The summed E-state index contributed by atoms with van der Waals surface area (Å²) in [6.45, 7) is 5.47. The summed E-state index contributed by atoms with van der Waals surface area (Å²) in [4.78, 5) is 24.0. The Labute approximate surface area is 192 Å². The van der Waals surface area contributed by atoms with E-state index in [1.165, 1.54) is 0 Å². The lowest BCUT2D eigenvalue weighted by Gasteiger charge is -2.30. The fourth-order valence-corrected chi connectivity index (χ4v) is 4.07. The number of benzene rings is 2. The number of ether oxygens (including phenoxy) is 1. The van der Waals surface area contributed by atoms with E-state index < -0.39 is 0 Å². The van der Waals surface area contributed by atoms with Gasteiger partial charge in [0.1, 0.15) is 17.0 Å². The minimum absolute atomic E-state index is 0.0222. The summed E-state index contributed by atoms with van der Waals surface area (Å²) in [6, 6.07) is 17.9. The number of amides is 1. The van der Waals surface area contributed by atoms with Gasteiger partial charge in [0.05, 0.1) is 0 Å². The largest absolute Gasteiger partial charge is 0.437 e. The lowest BCUT2D eigenvalue weighted by Crippen LogP contribution is -2.38. The Kier molecular flexibility index (Phi) is 5.69. The number of hydrogen-bond acceptors (Lipinski definition) is 6. The Morgan fingerprint density at radius 2 is 1.88 bits per heavy atom. The molecule has 7 heteroatoms. The number of para-hydroxylation sites is 2. The molecule has 1 fully saturated rings. The summed E-state index contributed by atoms with van der Waals surface area (Å²) >= 11 is 0. The molecule has 4 aromatic rings. The van der Waals surface area contributed by atoms with E-state index in [1.54, 1.807) is 12.3 Å². The van der Waals surface area contributed by atoms with Crippen molar-refractivity contribution >= 4 is 28.7 Å². The first-order chi connectivity index (χ1) is 16.1. The van der Waals surface area contributed by atoms with Crippen LogP contribution in [0.15, 0.2) is 65.2 Å². The predicted molar refractivity (Wildman–Crippen MR) is 128 cm³/mol. The Hall–Kier alpha value is -3.87. The van der Waals surface area contributed by atoms with E-state index in [0.717, 1.165) is 40.8 Å². The van der Waals surface area contributed by atoms with Gasteiger partial charge < -0.3 is 19.4 Å². The number of hydrogen-bond donors (Lipinski definition) is 1. The average Bonchev–Trinajstić information content (AvgIpc) is 3.28. The molecule has 1 aliphatic rings. The molecule has 3 heterocycles. The molecule has 0 spiro atoms. The first-order valence-corrected chi connectivity index (χ1v) is 11.2. The highest BCUT2D eigenvalue weighted by Crippen LogP contribution is 2.32. The number of pyridine rings is 1. The van der Waals surface area contributed by atoms with Crippen molar-refractivity contribution in [3.05, 3.63) is 71.9 Å². The van der Waals surface area contributed by atoms with Gasteiger partial charge in [0.25, 0.3) is 6.01 Å².